The molecule has 0 radical (unpaired) electrons. The molecule has 0 aromatic heterocycles. The van der Waals surface area contributed by atoms with Crippen LogP contribution in [0.4, 0.5) is 0 Å². The zero-order chi connectivity index (χ0) is 13.6. The predicted molar refractivity (Wildman–Crippen MR) is 63.4 cm³/mol. The summed E-state index contributed by atoms with van der Waals surface area (Å²) in [6, 6.07) is 0. The quantitative estimate of drug-likeness (QED) is 0.699. The first-order valence-electron chi connectivity index (χ1n) is 5.30. The molecule has 1 N–H and O–H groups in total. The van der Waals surface area contributed by atoms with E-state index in [-0.39, 0.29) is 23.8 Å². The summed E-state index contributed by atoms with van der Waals surface area (Å²) in [5.41, 5.74) is 0. The maximum atomic E-state index is 11.5. The average Bonchev–Trinajstić information content (AvgIpc) is 2.11. The molecule has 0 saturated carbocycles. The van der Waals surface area contributed by atoms with Crippen molar-refractivity contribution in [3.05, 3.63) is 0 Å². The van der Waals surface area contributed by atoms with Crippen LogP contribution < -0.4 is 0 Å². The largest absolute Gasteiger partial charge is 0.480 e. The van der Waals surface area contributed by atoms with Gasteiger partial charge in [0, 0.05) is 13.5 Å². The van der Waals surface area contributed by atoms with E-state index in [1.165, 1.54) is 7.05 Å². The molecule has 17 heavy (non-hydrogen) atoms. The van der Waals surface area contributed by atoms with Gasteiger partial charge in [-0.25, -0.2) is 8.42 Å². The Morgan fingerprint density at radius 2 is 1.82 bits per heavy atom. The maximum Gasteiger partial charge on any atom is 0.323 e. The predicted octanol–water partition coefficient (Wildman–Crippen LogP) is -0.00970. The van der Waals surface area contributed by atoms with Crippen molar-refractivity contribution in [1.82, 2.24) is 4.90 Å². The number of carbonyl (C=O) groups excluding carboxylic acids is 1. The number of hydrogen-bond donors (Lipinski definition) is 1. The van der Waals surface area contributed by atoms with Gasteiger partial charge in [-0.2, -0.15) is 0 Å². The maximum absolute atomic E-state index is 11.5. The zero-order valence-electron chi connectivity index (χ0n) is 10.3. The fourth-order valence-corrected chi connectivity index (χ4v) is 2.98. The Kier molecular flexibility index (Phi) is 6.15. The molecule has 0 saturated heterocycles. The number of nitrogens with zero attached hydrogens (tertiary/aromatic N) is 1. The fraction of sp³-hybridized carbons (Fsp3) is 0.800. The molecule has 7 heteroatoms. The van der Waals surface area contributed by atoms with Crippen molar-refractivity contribution in [2.45, 2.75) is 20.3 Å². The first-order valence-corrected chi connectivity index (χ1v) is 7.12. The Morgan fingerprint density at radius 3 is 2.24 bits per heavy atom. The van der Waals surface area contributed by atoms with E-state index < -0.39 is 28.3 Å². The van der Waals surface area contributed by atoms with Gasteiger partial charge in [-0.05, 0) is 5.92 Å². The van der Waals surface area contributed by atoms with E-state index in [2.05, 4.69) is 0 Å². The van der Waals surface area contributed by atoms with E-state index >= 15 is 0 Å². The van der Waals surface area contributed by atoms with Gasteiger partial charge in [0.15, 0.2) is 9.84 Å². The van der Waals surface area contributed by atoms with Crippen LogP contribution in [0.15, 0.2) is 0 Å². The first kappa shape index (κ1) is 15.9. The third-order valence-electron chi connectivity index (χ3n) is 2.01. The van der Waals surface area contributed by atoms with Gasteiger partial charge in [0.1, 0.15) is 6.54 Å². The Labute approximate surface area is 102 Å². The van der Waals surface area contributed by atoms with Crippen LogP contribution >= 0.6 is 0 Å². The second kappa shape index (κ2) is 6.58. The van der Waals surface area contributed by atoms with Crippen molar-refractivity contribution in [3.8, 4) is 0 Å². The summed E-state index contributed by atoms with van der Waals surface area (Å²) >= 11 is 0. The SMILES string of the molecule is CC(C)CS(=O)(=O)CCC(=O)N(C)CC(=O)O. The van der Waals surface area contributed by atoms with Crippen molar-refractivity contribution >= 4 is 21.7 Å². The molecule has 1 amide bonds. The molecule has 0 unspecified atom stereocenters. The molecule has 0 atom stereocenters. The Hall–Kier alpha value is -1.11. The number of carboxylic acids is 1. The summed E-state index contributed by atoms with van der Waals surface area (Å²) in [5, 5.41) is 8.47. The number of aliphatic carboxylic acids is 1. The van der Waals surface area contributed by atoms with Gasteiger partial charge < -0.3 is 10.0 Å². The van der Waals surface area contributed by atoms with E-state index in [1.54, 1.807) is 13.8 Å². The summed E-state index contributed by atoms with van der Waals surface area (Å²) < 4.78 is 23.0. The minimum Gasteiger partial charge on any atom is -0.480 e. The van der Waals surface area contributed by atoms with Gasteiger partial charge in [0.05, 0.1) is 11.5 Å². The van der Waals surface area contributed by atoms with Crippen molar-refractivity contribution in [2.24, 2.45) is 5.92 Å². The van der Waals surface area contributed by atoms with Crippen LogP contribution in [0.1, 0.15) is 20.3 Å². The molecule has 0 fully saturated rings. The first-order chi connectivity index (χ1) is 7.64. The Bertz CT molecular complexity index is 374. The standard InChI is InChI=1S/C10H19NO5S/c1-8(2)7-17(15,16)5-4-9(12)11(3)6-10(13)14/h8H,4-7H2,1-3H3,(H,13,14). The van der Waals surface area contributed by atoms with Crippen LogP contribution in [0.5, 0.6) is 0 Å². The smallest absolute Gasteiger partial charge is 0.323 e. The van der Waals surface area contributed by atoms with Crippen LogP contribution in [0, 0.1) is 5.92 Å². The van der Waals surface area contributed by atoms with E-state index in [1.807, 2.05) is 0 Å². The van der Waals surface area contributed by atoms with Crippen molar-refractivity contribution < 1.29 is 23.1 Å². The number of likely N-dealkylation sites (N-methyl/N-ethyl adjacent to an activating group) is 1. The molecule has 0 aromatic carbocycles. The molecular weight excluding hydrogens is 246 g/mol. The third-order valence-corrected chi connectivity index (χ3v) is 4.01. The number of amides is 1. The van der Waals surface area contributed by atoms with Crippen LogP contribution in [0.2, 0.25) is 0 Å². The minimum absolute atomic E-state index is 0.0202. The molecule has 0 aromatic rings. The highest BCUT2D eigenvalue weighted by Gasteiger charge is 2.18. The van der Waals surface area contributed by atoms with E-state index in [0.29, 0.717) is 0 Å². The second-order valence-corrected chi connectivity index (χ2v) is 6.63. The van der Waals surface area contributed by atoms with E-state index in [4.69, 9.17) is 5.11 Å². The van der Waals surface area contributed by atoms with Crippen molar-refractivity contribution in [1.29, 1.82) is 0 Å². The topological polar surface area (TPSA) is 91.8 Å². The summed E-state index contributed by atoms with van der Waals surface area (Å²) in [4.78, 5) is 22.8. The van der Waals surface area contributed by atoms with Crippen LogP contribution in [-0.2, 0) is 19.4 Å². The van der Waals surface area contributed by atoms with Gasteiger partial charge in [0.25, 0.3) is 0 Å². The molecule has 100 valence electrons. The Balaban J connectivity index is 4.20. The molecular formula is C10H19NO5S. The van der Waals surface area contributed by atoms with Crippen LogP contribution in [-0.4, -0.2) is 55.4 Å². The lowest BCUT2D eigenvalue weighted by Gasteiger charge is -2.14. The summed E-state index contributed by atoms with van der Waals surface area (Å²) in [7, 11) is -1.89. The highest BCUT2D eigenvalue weighted by atomic mass is 32.2. The van der Waals surface area contributed by atoms with Crippen LogP contribution in [0.3, 0.4) is 0 Å². The summed E-state index contributed by atoms with van der Waals surface area (Å²) in [6.07, 6.45) is -0.168. The third kappa shape index (κ3) is 7.73. The summed E-state index contributed by atoms with van der Waals surface area (Å²) in [6.45, 7) is 3.16. The number of hydrogen-bond acceptors (Lipinski definition) is 4. The molecule has 0 aliphatic rings. The lowest BCUT2D eigenvalue weighted by molar-refractivity contribution is -0.143. The zero-order valence-corrected chi connectivity index (χ0v) is 11.2. The molecule has 0 heterocycles. The number of sulfone groups is 1. The molecule has 0 bridgehead atoms. The molecule has 0 spiro atoms. The van der Waals surface area contributed by atoms with Gasteiger partial charge >= 0.3 is 5.97 Å². The van der Waals surface area contributed by atoms with Crippen LogP contribution in [0.25, 0.3) is 0 Å². The lowest BCUT2D eigenvalue weighted by Crippen LogP contribution is -2.33. The Morgan fingerprint density at radius 1 is 1.29 bits per heavy atom. The summed E-state index contributed by atoms with van der Waals surface area (Å²) in [5.74, 6) is -1.76. The molecule has 0 aliphatic carbocycles. The molecule has 0 rings (SSSR count). The highest BCUT2D eigenvalue weighted by molar-refractivity contribution is 7.91. The van der Waals surface area contributed by atoms with Gasteiger partial charge in [-0.15, -0.1) is 0 Å². The van der Waals surface area contributed by atoms with Gasteiger partial charge in [-0.1, -0.05) is 13.8 Å². The average molecular weight is 265 g/mol. The highest BCUT2D eigenvalue weighted by Crippen LogP contribution is 2.03. The number of rotatable bonds is 7. The van der Waals surface area contributed by atoms with Gasteiger partial charge in [0.2, 0.25) is 5.91 Å². The molecule has 0 aliphatic heterocycles. The fourth-order valence-electron chi connectivity index (χ4n) is 1.32. The monoisotopic (exact) mass is 265 g/mol. The van der Waals surface area contributed by atoms with Crippen molar-refractivity contribution in [2.75, 3.05) is 25.1 Å². The second-order valence-electron chi connectivity index (χ2n) is 4.40. The van der Waals surface area contributed by atoms with E-state index in [0.717, 1.165) is 4.90 Å². The lowest BCUT2D eigenvalue weighted by atomic mass is 10.3. The number of carboxylic acid groups (broad SMARTS) is 1. The van der Waals surface area contributed by atoms with Crippen molar-refractivity contribution in [3.63, 3.8) is 0 Å². The number of carbonyl (C=O) groups is 2. The van der Waals surface area contributed by atoms with E-state index in [9.17, 15) is 18.0 Å². The van der Waals surface area contributed by atoms with Gasteiger partial charge in [-0.3, -0.25) is 9.59 Å². The normalized spacial score (nSPS) is 11.5. The molecule has 6 nitrogen and oxygen atoms in total. The minimum atomic E-state index is -3.23.